The van der Waals surface area contributed by atoms with E-state index in [4.69, 9.17) is 4.42 Å². The highest BCUT2D eigenvalue weighted by molar-refractivity contribution is 7.94. The molecule has 0 aliphatic rings. The molecule has 0 atom stereocenters. The molecule has 6 nitrogen and oxygen atoms in total. The number of oxazole rings is 1. The lowest BCUT2D eigenvalue weighted by atomic mass is 10.2. The number of rotatable bonds is 6. The Morgan fingerprint density at radius 2 is 1.59 bits per heavy atom. The molecule has 1 aromatic heterocycles. The maximum atomic E-state index is 13.1. The van der Waals surface area contributed by atoms with Crippen LogP contribution in [0.25, 0.3) is 11.5 Å². The highest BCUT2D eigenvalue weighted by Crippen LogP contribution is 2.32. The summed E-state index contributed by atoms with van der Waals surface area (Å²) < 4.78 is 69.6. The Morgan fingerprint density at radius 1 is 0.963 bits per heavy atom. The molecule has 9 heteroatoms. The minimum atomic E-state index is -4.22. The average molecular weight is 409 g/mol. The van der Waals surface area contributed by atoms with Crippen molar-refractivity contribution in [3.63, 3.8) is 0 Å². The lowest BCUT2D eigenvalue weighted by molar-refractivity contribution is 0.444. The molecule has 142 valence electrons. The van der Waals surface area contributed by atoms with Gasteiger partial charge in [0.1, 0.15) is 5.82 Å². The van der Waals surface area contributed by atoms with Crippen LogP contribution in [0.1, 0.15) is 13.3 Å². The van der Waals surface area contributed by atoms with E-state index in [1.165, 1.54) is 36.4 Å². The van der Waals surface area contributed by atoms with E-state index in [0.717, 1.165) is 12.1 Å². The molecule has 0 saturated carbocycles. The Hall–Kier alpha value is -2.52. The summed E-state index contributed by atoms with van der Waals surface area (Å²) in [7, 11) is -8.23. The number of halogens is 1. The Morgan fingerprint density at radius 3 is 2.19 bits per heavy atom. The van der Waals surface area contributed by atoms with Gasteiger partial charge in [-0.05, 0) is 42.8 Å². The third kappa shape index (κ3) is 3.79. The molecule has 0 N–H and O–H groups in total. The van der Waals surface area contributed by atoms with Crippen molar-refractivity contribution < 1.29 is 25.6 Å². The number of aromatic nitrogens is 1. The number of benzene rings is 2. The summed E-state index contributed by atoms with van der Waals surface area (Å²) in [5.74, 6) is -0.997. The maximum absolute atomic E-state index is 13.1. The molecule has 0 fully saturated rings. The highest BCUT2D eigenvalue weighted by atomic mass is 32.2. The molecule has 0 saturated heterocycles. The minimum absolute atomic E-state index is 0.100. The van der Waals surface area contributed by atoms with E-state index in [1.807, 2.05) is 0 Å². The van der Waals surface area contributed by atoms with Crippen molar-refractivity contribution in [3.8, 4) is 11.5 Å². The first kappa shape index (κ1) is 19.2. The molecular weight excluding hydrogens is 393 g/mol. The summed E-state index contributed by atoms with van der Waals surface area (Å²) in [6, 6.07) is 12.3. The fraction of sp³-hybridized carbons (Fsp3) is 0.167. The van der Waals surface area contributed by atoms with E-state index in [0.29, 0.717) is 0 Å². The molecule has 0 amide bonds. The number of hydrogen-bond donors (Lipinski definition) is 0. The second-order valence-electron chi connectivity index (χ2n) is 5.75. The van der Waals surface area contributed by atoms with Gasteiger partial charge in [0.2, 0.25) is 30.6 Å². The van der Waals surface area contributed by atoms with Gasteiger partial charge in [-0.1, -0.05) is 25.1 Å². The van der Waals surface area contributed by atoms with Crippen molar-refractivity contribution >= 4 is 19.7 Å². The van der Waals surface area contributed by atoms with Crippen molar-refractivity contribution in [3.05, 3.63) is 60.4 Å². The molecule has 0 radical (unpaired) electrons. The summed E-state index contributed by atoms with van der Waals surface area (Å²) in [5.41, 5.74) is 0.263. The van der Waals surface area contributed by atoms with Crippen LogP contribution in [0, 0.1) is 5.82 Å². The lowest BCUT2D eigenvalue weighted by Crippen LogP contribution is -2.11. The van der Waals surface area contributed by atoms with Crippen molar-refractivity contribution in [1.82, 2.24) is 4.98 Å². The summed E-state index contributed by atoms with van der Waals surface area (Å²) in [5, 5.41) is -1.37. The Kier molecular flexibility index (Phi) is 5.16. The Balaban J connectivity index is 2.24. The molecular formula is C18H16FNO5S2. The molecule has 3 aromatic rings. The van der Waals surface area contributed by atoms with E-state index >= 15 is 0 Å². The molecule has 0 bridgehead atoms. The quantitative estimate of drug-likeness (QED) is 0.618. The van der Waals surface area contributed by atoms with Crippen LogP contribution in [0.2, 0.25) is 0 Å². The summed E-state index contributed by atoms with van der Waals surface area (Å²) in [6.45, 7) is 1.65. The van der Waals surface area contributed by atoms with Crippen LogP contribution in [0.15, 0.2) is 74.0 Å². The summed E-state index contributed by atoms with van der Waals surface area (Å²) in [4.78, 5) is 3.85. The van der Waals surface area contributed by atoms with E-state index < -0.39 is 35.6 Å². The van der Waals surface area contributed by atoms with Crippen LogP contribution in [-0.2, 0) is 19.7 Å². The third-order valence-corrected chi connectivity index (χ3v) is 7.32. The van der Waals surface area contributed by atoms with Crippen LogP contribution in [0.3, 0.4) is 0 Å². The van der Waals surface area contributed by atoms with Gasteiger partial charge in [0, 0.05) is 5.56 Å². The molecule has 0 aliphatic heterocycles. The van der Waals surface area contributed by atoms with Crippen LogP contribution in [0.4, 0.5) is 4.39 Å². The standard InChI is InChI=1S/C18H16FNO5S2/c1-2-12-26(21,22)18-17(27(23,24)15-6-4-3-5-7-15)20-16(25-18)13-8-10-14(19)11-9-13/h3-11H,2,12H2,1H3. The third-order valence-electron chi connectivity index (χ3n) is 3.72. The largest absolute Gasteiger partial charge is 0.423 e. The number of nitrogens with zero attached hydrogens (tertiary/aromatic N) is 1. The van der Waals surface area contributed by atoms with Gasteiger partial charge in [0.05, 0.1) is 10.6 Å². The van der Waals surface area contributed by atoms with E-state index in [1.54, 1.807) is 13.0 Å². The SMILES string of the molecule is CCCS(=O)(=O)c1oc(-c2ccc(F)cc2)nc1S(=O)(=O)c1ccccc1. The molecule has 1 heterocycles. The van der Waals surface area contributed by atoms with Crippen LogP contribution >= 0.6 is 0 Å². The van der Waals surface area contributed by atoms with Crippen molar-refractivity contribution in [2.75, 3.05) is 5.75 Å². The molecule has 27 heavy (non-hydrogen) atoms. The maximum Gasteiger partial charge on any atom is 0.258 e. The Bertz CT molecular complexity index is 1150. The number of sulfone groups is 2. The predicted octanol–water partition coefficient (Wildman–Crippen LogP) is 3.50. The lowest BCUT2D eigenvalue weighted by Gasteiger charge is -2.03. The van der Waals surface area contributed by atoms with Crippen LogP contribution in [0.5, 0.6) is 0 Å². The zero-order valence-corrected chi connectivity index (χ0v) is 15.9. The topological polar surface area (TPSA) is 94.3 Å². The first-order valence-electron chi connectivity index (χ1n) is 8.05. The molecule has 0 unspecified atom stereocenters. The molecule has 0 aliphatic carbocycles. The van der Waals surface area contributed by atoms with Gasteiger partial charge in [-0.25, -0.2) is 21.2 Å². The van der Waals surface area contributed by atoms with E-state index in [-0.39, 0.29) is 28.5 Å². The summed E-state index contributed by atoms with van der Waals surface area (Å²) >= 11 is 0. The van der Waals surface area contributed by atoms with Gasteiger partial charge in [0.15, 0.2) is 0 Å². The first-order chi connectivity index (χ1) is 12.8. The van der Waals surface area contributed by atoms with Gasteiger partial charge in [0.25, 0.3) is 5.09 Å². The fourth-order valence-corrected chi connectivity index (χ4v) is 5.60. The van der Waals surface area contributed by atoms with Gasteiger partial charge < -0.3 is 4.42 Å². The Labute approximate surface area is 156 Å². The first-order valence-corrected chi connectivity index (χ1v) is 11.2. The van der Waals surface area contributed by atoms with Gasteiger partial charge in [-0.3, -0.25) is 0 Å². The highest BCUT2D eigenvalue weighted by Gasteiger charge is 2.34. The van der Waals surface area contributed by atoms with Crippen molar-refractivity contribution in [1.29, 1.82) is 0 Å². The van der Waals surface area contributed by atoms with Gasteiger partial charge >= 0.3 is 0 Å². The minimum Gasteiger partial charge on any atom is -0.423 e. The van der Waals surface area contributed by atoms with Crippen molar-refractivity contribution in [2.45, 2.75) is 28.4 Å². The predicted molar refractivity (Wildman–Crippen MR) is 96.1 cm³/mol. The van der Waals surface area contributed by atoms with Crippen LogP contribution < -0.4 is 0 Å². The second-order valence-corrected chi connectivity index (χ2v) is 9.63. The second kappa shape index (κ2) is 7.24. The summed E-state index contributed by atoms with van der Waals surface area (Å²) in [6.07, 6.45) is 0.278. The molecule has 0 spiro atoms. The fourth-order valence-electron chi connectivity index (χ4n) is 2.45. The molecule has 2 aromatic carbocycles. The monoisotopic (exact) mass is 409 g/mol. The van der Waals surface area contributed by atoms with E-state index in [9.17, 15) is 21.2 Å². The van der Waals surface area contributed by atoms with Gasteiger partial charge in [-0.15, -0.1) is 0 Å². The smallest absolute Gasteiger partial charge is 0.258 e. The van der Waals surface area contributed by atoms with Crippen LogP contribution in [-0.4, -0.2) is 27.6 Å². The molecule has 3 rings (SSSR count). The zero-order valence-electron chi connectivity index (χ0n) is 14.3. The number of hydrogen-bond acceptors (Lipinski definition) is 6. The normalized spacial score (nSPS) is 12.2. The van der Waals surface area contributed by atoms with Gasteiger partial charge in [-0.2, -0.15) is 4.98 Å². The zero-order chi connectivity index (χ0) is 19.7. The van der Waals surface area contributed by atoms with Crippen molar-refractivity contribution in [2.24, 2.45) is 0 Å². The van der Waals surface area contributed by atoms with E-state index in [2.05, 4.69) is 4.98 Å². The average Bonchev–Trinajstić information content (AvgIpc) is 3.10.